The van der Waals surface area contributed by atoms with Gasteiger partial charge in [-0.1, -0.05) is 29.3 Å². The number of hydrogen-bond acceptors (Lipinski definition) is 7. The number of thioether (sulfide) groups is 1. The molecular formula is C22H18Cl2FNO6S. The highest BCUT2D eigenvalue weighted by Gasteiger charge is 2.36. The monoisotopic (exact) mass is 513 g/mol. The number of benzene rings is 2. The van der Waals surface area contributed by atoms with Gasteiger partial charge in [-0.05, 0) is 54.6 Å². The van der Waals surface area contributed by atoms with Gasteiger partial charge in [0.2, 0.25) is 0 Å². The van der Waals surface area contributed by atoms with Crippen LogP contribution in [0.1, 0.15) is 18.1 Å². The average Bonchev–Trinajstić information content (AvgIpc) is 3.02. The van der Waals surface area contributed by atoms with Gasteiger partial charge in [0.25, 0.3) is 11.1 Å². The number of imide groups is 1. The number of hydrogen-bond donors (Lipinski definition) is 0. The van der Waals surface area contributed by atoms with Gasteiger partial charge in [-0.2, -0.15) is 0 Å². The molecule has 1 saturated heterocycles. The van der Waals surface area contributed by atoms with Crippen molar-refractivity contribution in [3.05, 3.63) is 62.2 Å². The minimum atomic E-state index is -0.611. The van der Waals surface area contributed by atoms with Crippen molar-refractivity contribution in [3.63, 3.8) is 0 Å². The second-order valence-corrected chi connectivity index (χ2v) is 8.40. The van der Waals surface area contributed by atoms with Gasteiger partial charge in [-0.15, -0.1) is 0 Å². The summed E-state index contributed by atoms with van der Waals surface area (Å²) in [7, 11) is 1.39. The summed E-state index contributed by atoms with van der Waals surface area (Å²) >= 11 is 13.0. The summed E-state index contributed by atoms with van der Waals surface area (Å²) in [6, 6.07) is 7.15. The normalized spacial score (nSPS) is 14.7. The zero-order valence-electron chi connectivity index (χ0n) is 17.5. The second-order valence-electron chi connectivity index (χ2n) is 6.60. The number of esters is 1. The molecule has 0 aromatic heterocycles. The quantitative estimate of drug-likeness (QED) is 0.349. The molecule has 0 aliphatic carbocycles. The number of methoxy groups -OCH3 is 1. The van der Waals surface area contributed by atoms with Crippen molar-refractivity contribution in [2.45, 2.75) is 13.5 Å². The van der Waals surface area contributed by atoms with Crippen LogP contribution in [0.3, 0.4) is 0 Å². The Kier molecular flexibility index (Phi) is 8.23. The third kappa shape index (κ3) is 5.79. The van der Waals surface area contributed by atoms with E-state index in [1.807, 2.05) is 0 Å². The summed E-state index contributed by atoms with van der Waals surface area (Å²) in [5, 5.41) is -0.312. The molecule has 0 spiro atoms. The van der Waals surface area contributed by atoms with Gasteiger partial charge >= 0.3 is 5.97 Å². The van der Waals surface area contributed by atoms with Gasteiger partial charge in [0.15, 0.2) is 18.1 Å². The molecule has 0 atom stereocenters. The maximum atomic E-state index is 14.1. The molecule has 0 bridgehead atoms. The van der Waals surface area contributed by atoms with Crippen LogP contribution < -0.4 is 9.47 Å². The third-order valence-electron chi connectivity index (χ3n) is 4.44. The number of carbonyl (C=O) groups is 3. The molecule has 174 valence electrons. The summed E-state index contributed by atoms with van der Waals surface area (Å²) in [4.78, 5) is 37.8. The predicted molar refractivity (Wildman–Crippen MR) is 123 cm³/mol. The Morgan fingerprint density at radius 3 is 2.64 bits per heavy atom. The van der Waals surface area contributed by atoms with Crippen molar-refractivity contribution >= 4 is 58.2 Å². The maximum Gasteiger partial charge on any atom is 0.344 e. The van der Waals surface area contributed by atoms with Crippen molar-refractivity contribution < 1.29 is 33.0 Å². The van der Waals surface area contributed by atoms with E-state index in [2.05, 4.69) is 0 Å². The Labute approximate surface area is 203 Å². The first kappa shape index (κ1) is 24.9. The van der Waals surface area contributed by atoms with Gasteiger partial charge in [-0.3, -0.25) is 14.5 Å². The van der Waals surface area contributed by atoms with Gasteiger partial charge in [0, 0.05) is 10.6 Å². The summed E-state index contributed by atoms with van der Waals surface area (Å²) < 4.78 is 29.6. The molecular weight excluding hydrogens is 496 g/mol. The Hall–Kier alpha value is -2.75. The van der Waals surface area contributed by atoms with Crippen LogP contribution in [0.4, 0.5) is 9.18 Å². The highest BCUT2D eigenvalue weighted by molar-refractivity contribution is 8.18. The highest BCUT2D eigenvalue weighted by Crippen LogP contribution is 2.39. The van der Waals surface area contributed by atoms with Crippen LogP contribution in [0.5, 0.6) is 11.5 Å². The van der Waals surface area contributed by atoms with Crippen LogP contribution in [0.2, 0.25) is 10.0 Å². The molecule has 1 aliphatic heterocycles. The topological polar surface area (TPSA) is 82.1 Å². The van der Waals surface area contributed by atoms with Gasteiger partial charge in [0.05, 0.1) is 30.2 Å². The number of nitrogens with zero attached hydrogens (tertiary/aromatic N) is 1. The second kappa shape index (κ2) is 10.9. The Bertz CT molecular complexity index is 1120. The molecule has 1 fully saturated rings. The van der Waals surface area contributed by atoms with E-state index in [9.17, 15) is 18.8 Å². The third-order valence-corrected chi connectivity index (χ3v) is 5.98. The largest absolute Gasteiger partial charge is 0.493 e. The summed E-state index contributed by atoms with van der Waals surface area (Å²) in [5.74, 6) is -1.42. The van der Waals surface area contributed by atoms with E-state index in [0.717, 1.165) is 4.90 Å². The SMILES string of the molecule is CCOC(=O)COc1c(Cl)cc(/C=C2\SC(=O)N(Cc3c(F)cccc3Cl)C2=O)cc1OC. The first-order valence-electron chi connectivity index (χ1n) is 9.59. The van der Waals surface area contributed by atoms with Crippen LogP contribution in [0.15, 0.2) is 35.2 Å². The zero-order valence-corrected chi connectivity index (χ0v) is 19.9. The average molecular weight is 514 g/mol. The molecule has 0 saturated carbocycles. The fraction of sp³-hybridized carbons (Fsp3) is 0.227. The Morgan fingerprint density at radius 1 is 1.21 bits per heavy atom. The van der Waals surface area contributed by atoms with E-state index in [1.54, 1.807) is 6.92 Å². The van der Waals surface area contributed by atoms with Crippen molar-refractivity contribution in [2.75, 3.05) is 20.3 Å². The van der Waals surface area contributed by atoms with E-state index in [0.29, 0.717) is 17.3 Å². The standard InChI is InChI=1S/C22H18Cl2FNO6S/c1-3-31-19(27)11-32-20-15(24)7-12(8-17(20)30-2)9-18-21(28)26(22(29)33-18)10-13-14(23)5-4-6-16(13)25/h4-9H,3,10-11H2,1-2H3/b18-9-. The molecule has 2 aromatic rings. The fourth-order valence-electron chi connectivity index (χ4n) is 2.93. The molecule has 33 heavy (non-hydrogen) atoms. The minimum Gasteiger partial charge on any atom is -0.493 e. The Morgan fingerprint density at radius 2 is 1.97 bits per heavy atom. The van der Waals surface area contributed by atoms with Crippen LogP contribution >= 0.6 is 35.0 Å². The maximum absolute atomic E-state index is 14.1. The van der Waals surface area contributed by atoms with Crippen molar-refractivity contribution in [1.82, 2.24) is 4.90 Å². The molecule has 11 heteroatoms. The lowest BCUT2D eigenvalue weighted by Crippen LogP contribution is -2.28. The molecule has 0 N–H and O–H groups in total. The summed E-state index contributed by atoms with van der Waals surface area (Å²) in [6.45, 7) is 1.23. The van der Waals surface area contributed by atoms with Gasteiger partial charge in [0.1, 0.15) is 5.82 Å². The van der Waals surface area contributed by atoms with E-state index in [1.165, 1.54) is 43.5 Å². The molecule has 0 radical (unpaired) electrons. The van der Waals surface area contributed by atoms with Crippen LogP contribution in [-0.2, 0) is 20.9 Å². The molecule has 0 unspecified atom stereocenters. The van der Waals surface area contributed by atoms with Crippen molar-refractivity contribution in [3.8, 4) is 11.5 Å². The van der Waals surface area contributed by atoms with E-state index >= 15 is 0 Å². The fourth-order valence-corrected chi connectivity index (χ4v) is 4.26. The van der Waals surface area contributed by atoms with E-state index in [4.69, 9.17) is 37.4 Å². The first-order valence-corrected chi connectivity index (χ1v) is 11.2. The Balaban J connectivity index is 1.83. The lowest BCUT2D eigenvalue weighted by molar-refractivity contribution is -0.145. The van der Waals surface area contributed by atoms with Crippen molar-refractivity contribution in [1.29, 1.82) is 0 Å². The van der Waals surface area contributed by atoms with Crippen LogP contribution in [0, 0.1) is 5.82 Å². The minimum absolute atomic E-state index is 0.0514. The number of rotatable bonds is 8. The molecule has 1 aliphatic rings. The number of halogens is 3. The zero-order chi connectivity index (χ0) is 24.1. The summed E-state index contributed by atoms with van der Waals surface area (Å²) in [6.07, 6.45) is 1.46. The molecule has 3 rings (SSSR count). The van der Waals surface area contributed by atoms with E-state index < -0.39 is 22.9 Å². The number of amides is 2. The van der Waals surface area contributed by atoms with E-state index in [-0.39, 0.29) is 51.8 Å². The summed E-state index contributed by atoms with van der Waals surface area (Å²) in [5.41, 5.74) is 0.505. The van der Waals surface area contributed by atoms with Crippen LogP contribution in [0.25, 0.3) is 6.08 Å². The molecule has 2 aromatic carbocycles. The molecule has 2 amide bonds. The highest BCUT2D eigenvalue weighted by atomic mass is 35.5. The smallest absolute Gasteiger partial charge is 0.344 e. The van der Waals surface area contributed by atoms with Gasteiger partial charge < -0.3 is 14.2 Å². The number of carbonyl (C=O) groups excluding carboxylic acids is 3. The number of ether oxygens (including phenoxy) is 3. The van der Waals surface area contributed by atoms with Crippen molar-refractivity contribution in [2.24, 2.45) is 0 Å². The molecule has 7 nitrogen and oxygen atoms in total. The lowest BCUT2D eigenvalue weighted by Gasteiger charge is -2.14. The molecule has 1 heterocycles. The predicted octanol–water partition coefficient (Wildman–Crippen LogP) is 5.32. The first-order chi connectivity index (χ1) is 15.7. The van der Waals surface area contributed by atoms with Crippen LogP contribution in [-0.4, -0.2) is 42.3 Å². The van der Waals surface area contributed by atoms with Gasteiger partial charge in [-0.25, -0.2) is 9.18 Å². The lowest BCUT2D eigenvalue weighted by atomic mass is 10.1.